The molecule has 0 rings (SSSR count). The molecule has 0 spiro atoms. The van der Waals surface area contributed by atoms with Crippen LogP contribution in [0.3, 0.4) is 0 Å². The van der Waals surface area contributed by atoms with E-state index in [2.05, 4.69) is 0 Å². The average Bonchev–Trinajstić information content (AvgIpc) is 1.81. The summed E-state index contributed by atoms with van der Waals surface area (Å²) in [6.45, 7) is 7.11. The molecule has 0 radical (unpaired) electrons. The molecule has 0 bridgehead atoms. The van der Waals surface area contributed by atoms with Gasteiger partial charge < -0.3 is 4.52 Å². The molecule has 0 aliphatic heterocycles. The van der Waals surface area contributed by atoms with Crippen molar-refractivity contribution in [1.29, 1.82) is 0 Å². The Hall–Kier alpha value is -0.400. The van der Waals surface area contributed by atoms with E-state index in [4.69, 9.17) is 4.52 Å². The van der Waals surface area contributed by atoms with Gasteiger partial charge in [0.1, 0.15) is 0 Å². The third-order valence-corrected chi connectivity index (χ3v) is 3.27. The Morgan fingerprint density at radius 1 is 1.46 bits per heavy atom. The second-order valence-electron chi connectivity index (χ2n) is 3.19. The average molecular weight is 204 g/mol. The van der Waals surface area contributed by atoms with Crippen molar-refractivity contribution >= 4 is 13.2 Å². The van der Waals surface area contributed by atoms with Crippen LogP contribution in [0.1, 0.15) is 20.8 Å². The molecule has 0 heterocycles. The van der Waals surface area contributed by atoms with Gasteiger partial charge in [0, 0.05) is 12.8 Å². The summed E-state index contributed by atoms with van der Waals surface area (Å²) in [5.41, 5.74) is 0.812. The monoisotopic (exact) mass is 204 g/mol. The number of hydrogen-bond donors (Lipinski definition) is 0. The number of hydrogen-bond acceptors (Lipinski definition) is 3. The van der Waals surface area contributed by atoms with Gasteiger partial charge in [0.2, 0.25) is 7.37 Å². The summed E-state index contributed by atoms with van der Waals surface area (Å²) in [6, 6.07) is 0. The lowest BCUT2D eigenvalue weighted by molar-refractivity contribution is -0.112. The Morgan fingerprint density at radius 2 is 2.00 bits per heavy atom. The number of carbonyl (C=O) groups excluding carboxylic acids is 1. The van der Waals surface area contributed by atoms with Gasteiger partial charge in [-0.25, -0.2) is 0 Å². The molecule has 0 fully saturated rings. The van der Waals surface area contributed by atoms with Crippen molar-refractivity contribution in [2.75, 3.05) is 19.4 Å². The van der Waals surface area contributed by atoms with Gasteiger partial charge >= 0.3 is 0 Å². The zero-order chi connectivity index (χ0) is 10.5. The first kappa shape index (κ1) is 12.6. The molecule has 0 amide bonds. The standard InChI is InChI=1S/C9H17O3P/c1-5-12-13(4,11)7-8(2)6-9(3)10/h6H,5,7H2,1-4H3/b8-6+. The van der Waals surface area contributed by atoms with Crippen LogP contribution in [-0.2, 0) is 13.9 Å². The molecule has 0 aromatic heterocycles. The Balaban J connectivity index is 4.27. The molecule has 1 unspecified atom stereocenters. The van der Waals surface area contributed by atoms with E-state index in [1.165, 1.54) is 13.0 Å². The first-order valence-electron chi connectivity index (χ1n) is 4.26. The van der Waals surface area contributed by atoms with Crippen LogP contribution in [0, 0.1) is 0 Å². The summed E-state index contributed by atoms with van der Waals surface area (Å²) in [6.07, 6.45) is 1.86. The molecule has 0 aromatic carbocycles. The molecule has 0 saturated heterocycles. The van der Waals surface area contributed by atoms with Crippen LogP contribution in [0.2, 0.25) is 0 Å². The quantitative estimate of drug-likeness (QED) is 0.510. The summed E-state index contributed by atoms with van der Waals surface area (Å²) in [5.74, 6) is -0.0194. The Bertz CT molecular complexity index is 256. The van der Waals surface area contributed by atoms with E-state index in [1.54, 1.807) is 20.5 Å². The van der Waals surface area contributed by atoms with Crippen molar-refractivity contribution in [2.24, 2.45) is 0 Å². The first-order chi connectivity index (χ1) is 5.87. The second kappa shape index (κ2) is 5.36. The normalized spacial score (nSPS) is 16.8. The smallest absolute Gasteiger partial charge is 0.204 e. The fourth-order valence-corrected chi connectivity index (χ4v) is 2.80. The van der Waals surface area contributed by atoms with E-state index >= 15 is 0 Å². The SMILES string of the molecule is CCOP(C)(=O)C/C(C)=C/C(C)=O. The van der Waals surface area contributed by atoms with Gasteiger partial charge in [-0.15, -0.1) is 0 Å². The Kier molecular flexibility index (Phi) is 5.19. The molecular formula is C9H17O3P. The van der Waals surface area contributed by atoms with Gasteiger partial charge in [0.25, 0.3) is 0 Å². The minimum Gasteiger partial charge on any atom is -0.329 e. The van der Waals surface area contributed by atoms with Crippen molar-refractivity contribution < 1.29 is 13.9 Å². The fourth-order valence-electron chi connectivity index (χ4n) is 1.16. The maximum atomic E-state index is 11.6. The topological polar surface area (TPSA) is 43.4 Å². The van der Waals surface area contributed by atoms with Crippen LogP contribution >= 0.6 is 7.37 Å². The van der Waals surface area contributed by atoms with Gasteiger partial charge in [-0.3, -0.25) is 9.36 Å². The van der Waals surface area contributed by atoms with Crippen LogP contribution in [-0.4, -0.2) is 25.2 Å². The molecule has 0 saturated carbocycles. The maximum absolute atomic E-state index is 11.6. The molecular weight excluding hydrogens is 187 g/mol. The van der Waals surface area contributed by atoms with Gasteiger partial charge in [-0.05, 0) is 26.8 Å². The van der Waals surface area contributed by atoms with Gasteiger partial charge in [-0.2, -0.15) is 0 Å². The van der Waals surface area contributed by atoms with E-state index in [9.17, 15) is 9.36 Å². The summed E-state index contributed by atoms with van der Waals surface area (Å²) in [4.78, 5) is 10.7. The Labute approximate surface area is 79.6 Å². The lowest BCUT2D eigenvalue weighted by Gasteiger charge is -2.12. The predicted molar refractivity (Wildman–Crippen MR) is 54.5 cm³/mol. The number of allylic oxidation sites excluding steroid dienone is 2. The summed E-state index contributed by atoms with van der Waals surface area (Å²) < 4.78 is 16.7. The zero-order valence-corrected chi connectivity index (χ0v) is 9.56. The lowest BCUT2D eigenvalue weighted by atomic mass is 10.3. The fraction of sp³-hybridized carbons (Fsp3) is 0.667. The van der Waals surface area contributed by atoms with E-state index in [0.29, 0.717) is 12.8 Å². The van der Waals surface area contributed by atoms with Gasteiger partial charge in [-0.1, -0.05) is 5.57 Å². The molecule has 13 heavy (non-hydrogen) atoms. The highest BCUT2D eigenvalue weighted by molar-refractivity contribution is 7.58. The van der Waals surface area contributed by atoms with Crippen molar-refractivity contribution in [3.05, 3.63) is 11.6 Å². The molecule has 76 valence electrons. The lowest BCUT2D eigenvalue weighted by Crippen LogP contribution is -1.96. The molecule has 1 atom stereocenters. The predicted octanol–water partition coefficient (Wildman–Crippen LogP) is 2.47. The van der Waals surface area contributed by atoms with E-state index in [-0.39, 0.29) is 5.78 Å². The number of ketones is 1. The third kappa shape index (κ3) is 6.73. The third-order valence-electron chi connectivity index (χ3n) is 1.39. The number of rotatable bonds is 5. The van der Waals surface area contributed by atoms with E-state index in [0.717, 1.165) is 5.57 Å². The summed E-state index contributed by atoms with van der Waals surface area (Å²) in [5, 5.41) is 0. The molecule has 4 heteroatoms. The summed E-state index contributed by atoms with van der Waals surface area (Å²) >= 11 is 0. The van der Waals surface area contributed by atoms with Crippen molar-refractivity contribution in [3.8, 4) is 0 Å². The van der Waals surface area contributed by atoms with E-state index < -0.39 is 7.37 Å². The Morgan fingerprint density at radius 3 is 2.38 bits per heavy atom. The minimum absolute atomic E-state index is 0.0194. The highest BCUT2D eigenvalue weighted by Gasteiger charge is 2.15. The van der Waals surface area contributed by atoms with Crippen molar-refractivity contribution in [1.82, 2.24) is 0 Å². The largest absolute Gasteiger partial charge is 0.329 e. The van der Waals surface area contributed by atoms with Crippen molar-refractivity contribution in [2.45, 2.75) is 20.8 Å². The molecule has 3 nitrogen and oxygen atoms in total. The maximum Gasteiger partial charge on any atom is 0.204 e. The highest BCUT2D eigenvalue weighted by atomic mass is 31.2. The highest BCUT2D eigenvalue weighted by Crippen LogP contribution is 2.43. The molecule has 0 N–H and O–H groups in total. The van der Waals surface area contributed by atoms with Crippen LogP contribution < -0.4 is 0 Å². The molecule has 0 aromatic rings. The molecule has 0 aliphatic carbocycles. The van der Waals surface area contributed by atoms with Crippen LogP contribution in [0.4, 0.5) is 0 Å². The second-order valence-corrected chi connectivity index (χ2v) is 5.79. The van der Waals surface area contributed by atoms with E-state index in [1.807, 2.05) is 0 Å². The first-order valence-corrected chi connectivity index (χ1v) is 6.52. The van der Waals surface area contributed by atoms with Gasteiger partial charge in [0.15, 0.2) is 5.78 Å². The molecule has 0 aliphatic rings. The van der Waals surface area contributed by atoms with Crippen LogP contribution in [0.15, 0.2) is 11.6 Å². The van der Waals surface area contributed by atoms with Crippen LogP contribution in [0.25, 0.3) is 0 Å². The minimum atomic E-state index is -2.53. The van der Waals surface area contributed by atoms with Crippen LogP contribution in [0.5, 0.6) is 0 Å². The zero-order valence-electron chi connectivity index (χ0n) is 8.66. The summed E-state index contributed by atoms with van der Waals surface area (Å²) in [7, 11) is -2.53. The van der Waals surface area contributed by atoms with Gasteiger partial charge in [0.05, 0.1) is 6.61 Å². The number of carbonyl (C=O) groups is 1. The van der Waals surface area contributed by atoms with Crippen molar-refractivity contribution in [3.63, 3.8) is 0 Å².